The summed E-state index contributed by atoms with van der Waals surface area (Å²) < 4.78 is 0. The maximum Gasteiger partial charge on any atom is 0.294 e. The Hall–Kier alpha value is -2.19. The van der Waals surface area contributed by atoms with Gasteiger partial charge in [0.1, 0.15) is 0 Å². The number of thioether (sulfide) groups is 1. The van der Waals surface area contributed by atoms with E-state index in [1.807, 2.05) is 6.07 Å². The van der Waals surface area contributed by atoms with Crippen molar-refractivity contribution in [2.24, 2.45) is 0 Å². The lowest BCUT2D eigenvalue weighted by atomic mass is 9.80. The number of carbonyl (C=O) groups excluding carboxylic acids is 2. The number of imide groups is 1. The van der Waals surface area contributed by atoms with Gasteiger partial charge in [-0.25, -0.2) is 0 Å². The first kappa shape index (κ1) is 17.6. The van der Waals surface area contributed by atoms with Crippen LogP contribution in [0.2, 0.25) is 0 Å². The van der Waals surface area contributed by atoms with Crippen LogP contribution < -0.4 is 4.90 Å². The molecule has 0 radical (unpaired) electrons. The molecule has 1 saturated heterocycles. The summed E-state index contributed by atoms with van der Waals surface area (Å²) in [6.45, 7) is 6.75. The van der Waals surface area contributed by atoms with Crippen molar-refractivity contribution >= 4 is 34.7 Å². The molecule has 0 aliphatic carbocycles. The summed E-state index contributed by atoms with van der Waals surface area (Å²) in [6, 6.07) is 6.23. The maximum atomic E-state index is 12.3. The van der Waals surface area contributed by atoms with E-state index in [1.54, 1.807) is 6.08 Å². The van der Waals surface area contributed by atoms with E-state index in [0.29, 0.717) is 10.8 Å². The average molecular weight is 354 g/mol. The molecule has 0 N–H and O–H groups in total. The lowest BCUT2D eigenvalue weighted by molar-refractivity contribution is -0.122. The molecule has 1 aromatic rings. The fourth-order valence-corrected chi connectivity index (χ4v) is 4.40. The Morgan fingerprint density at radius 3 is 2.80 bits per heavy atom. The zero-order valence-electron chi connectivity index (χ0n) is 15.0. The first-order valence-corrected chi connectivity index (χ1v) is 9.13. The Morgan fingerprint density at radius 2 is 2.12 bits per heavy atom. The Bertz CT molecular complexity index is 819. The maximum absolute atomic E-state index is 12.3. The molecule has 0 spiro atoms. The third-order valence-corrected chi connectivity index (χ3v) is 5.99. The van der Waals surface area contributed by atoms with E-state index in [2.05, 4.69) is 50.8 Å². The van der Waals surface area contributed by atoms with Crippen molar-refractivity contribution in [1.29, 1.82) is 0 Å². The molecular formula is C20H22N2O2S. The second-order valence-corrected chi connectivity index (χ2v) is 8.26. The van der Waals surface area contributed by atoms with Crippen LogP contribution in [0.4, 0.5) is 10.5 Å². The fourth-order valence-electron chi connectivity index (χ4n) is 3.56. The van der Waals surface area contributed by atoms with Gasteiger partial charge < -0.3 is 4.90 Å². The van der Waals surface area contributed by atoms with E-state index in [9.17, 15) is 9.59 Å². The predicted molar refractivity (Wildman–Crippen MR) is 103 cm³/mol. The van der Waals surface area contributed by atoms with Crippen LogP contribution in [-0.4, -0.2) is 35.2 Å². The summed E-state index contributed by atoms with van der Waals surface area (Å²) in [5, 5.41) is -0.304. The SMILES string of the molecule is C#CCN1C(=O)S/C(=C\c2ccc3c(c2)[C@H](C)CC(C)(C)N3C)C1=O. The van der Waals surface area contributed by atoms with Gasteiger partial charge in [0.15, 0.2) is 0 Å². The average Bonchev–Trinajstić information content (AvgIpc) is 2.80. The highest BCUT2D eigenvalue weighted by atomic mass is 32.2. The Morgan fingerprint density at radius 1 is 1.40 bits per heavy atom. The van der Waals surface area contributed by atoms with Crippen molar-refractivity contribution in [2.75, 3.05) is 18.5 Å². The van der Waals surface area contributed by atoms with Gasteiger partial charge in [0.25, 0.3) is 11.1 Å². The van der Waals surface area contributed by atoms with E-state index >= 15 is 0 Å². The van der Waals surface area contributed by atoms with Crippen LogP contribution in [0.5, 0.6) is 0 Å². The molecule has 2 aliphatic heterocycles. The second kappa shape index (κ2) is 6.27. The standard InChI is InChI=1S/C20H22N2O2S/c1-6-9-22-18(23)17(25-19(22)24)11-14-7-8-16-15(10-14)13(2)12-20(3,4)21(16)5/h1,7-8,10-11,13H,9,12H2,2-5H3/b17-11-/t13-/m1/s1. The van der Waals surface area contributed by atoms with E-state index in [4.69, 9.17) is 6.42 Å². The van der Waals surface area contributed by atoms with Crippen LogP contribution >= 0.6 is 11.8 Å². The number of rotatable bonds is 2. The van der Waals surface area contributed by atoms with Gasteiger partial charge >= 0.3 is 0 Å². The number of anilines is 1. The fraction of sp³-hybridized carbons (Fsp3) is 0.400. The van der Waals surface area contributed by atoms with E-state index in [-0.39, 0.29) is 23.2 Å². The zero-order valence-corrected chi connectivity index (χ0v) is 15.8. The molecule has 0 unspecified atom stereocenters. The Labute approximate surface area is 153 Å². The van der Waals surface area contributed by atoms with Gasteiger partial charge in [-0.1, -0.05) is 18.9 Å². The highest BCUT2D eigenvalue weighted by Crippen LogP contribution is 2.43. The molecule has 4 nitrogen and oxygen atoms in total. The summed E-state index contributed by atoms with van der Waals surface area (Å²) in [6.07, 6.45) is 8.08. The predicted octanol–water partition coefficient (Wildman–Crippen LogP) is 4.08. The van der Waals surface area contributed by atoms with Crippen molar-refractivity contribution in [1.82, 2.24) is 4.90 Å². The molecule has 1 atom stereocenters. The first-order valence-electron chi connectivity index (χ1n) is 8.31. The Kier molecular flexibility index (Phi) is 4.42. The summed E-state index contributed by atoms with van der Waals surface area (Å²) in [5.41, 5.74) is 3.55. The molecule has 25 heavy (non-hydrogen) atoms. The minimum absolute atomic E-state index is 0.0170. The highest BCUT2D eigenvalue weighted by Gasteiger charge is 2.35. The van der Waals surface area contributed by atoms with Crippen molar-refractivity contribution in [3.63, 3.8) is 0 Å². The largest absolute Gasteiger partial charge is 0.369 e. The van der Waals surface area contributed by atoms with Crippen molar-refractivity contribution in [2.45, 2.75) is 38.6 Å². The van der Waals surface area contributed by atoms with Crippen LogP contribution in [-0.2, 0) is 4.79 Å². The smallest absolute Gasteiger partial charge is 0.294 e. The van der Waals surface area contributed by atoms with Crippen LogP contribution in [0.1, 0.15) is 44.2 Å². The molecule has 0 bridgehead atoms. The molecule has 2 heterocycles. The third kappa shape index (κ3) is 3.07. The third-order valence-electron chi connectivity index (χ3n) is 5.08. The topological polar surface area (TPSA) is 40.6 Å². The summed E-state index contributed by atoms with van der Waals surface area (Å²) >= 11 is 0.948. The molecule has 0 aromatic heterocycles. The molecule has 1 fully saturated rings. The van der Waals surface area contributed by atoms with Gasteiger partial charge in [0.05, 0.1) is 11.4 Å². The summed E-state index contributed by atoms with van der Waals surface area (Å²) in [7, 11) is 2.12. The number of hydrogen-bond donors (Lipinski definition) is 0. The number of fused-ring (bicyclic) bond motifs is 1. The minimum atomic E-state index is -0.308. The molecule has 3 rings (SSSR count). The van der Waals surface area contributed by atoms with Crippen LogP contribution in [0.25, 0.3) is 6.08 Å². The lowest BCUT2D eigenvalue weighted by Crippen LogP contribution is -2.45. The van der Waals surface area contributed by atoms with Crippen molar-refractivity contribution in [3.05, 3.63) is 34.2 Å². The van der Waals surface area contributed by atoms with Crippen molar-refractivity contribution < 1.29 is 9.59 Å². The first-order chi connectivity index (χ1) is 11.7. The van der Waals surface area contributed by atoms with E-state index in [1.165, 1.54) is 11.3 Å². The Balaban J connectivity index is 1.94. The van der Waals surface area contributed by atoms with Gasteiger partial charge in [0, 0.05) is 18.3 Å². The normalized spacial score (nSPS) is 23.8. The number of carbonyl (C=O) groups is 2. The van der Waals surface area contributed by atoms with E-state index in [0.717, 1.165) is 28.6 Å². The van der Waals surface area contributed by atoms with Gasteiger partial charge in [-0.05, 0) is 67.3 Å². The van der Waals surface area contributed by atoms with Crippen LogP contribution in [0, 0.1) is 12.3 Å². The number of amides is 2. The number of benzene rings is 1. The molecule has 2 aliphatic rings. The number of hydrogen-bond acceptors (Lipinski definition) is 4. The minimum Gasteiger partial charge on any atom is -0.369 e. The van der Waals surface area contributed by atoms with Gasteiger partial charge in [-0.3, -0.25) is 14.5 Å². The lowest BCUT2D eigenvalue weighted by Gasteiger charge is -2.45. The molecule has 130 valence electrons. The number of nitrogens with zero attached hydrogens (tertiary/aromatic N) is 2. The quantitative estimate of drug-likeness (QED) is 0.593. The molecule has 5 heteroatoms. The van der Waals surface area contributed by atoms with Gasteiger partial charge in [-0.2, -0.15) is 0 Å². The summed E-state index contributed by atoms with van der Waals surface area (Å²) in [4.78, 5) is 28.1. The van der Waals surface area contributed by atoms with E-state index < -0.39 is 0 Å². The van der Waals surface area contributed by atoms with Crippen LogP contribution in [0.15, 0.2) is 23.1 Å². The molecule has 0 saturated carbocycles. The highest BCUT2D eigenvalue weighted by molar-refractivity contribution is 8.18. The van der Waals surface area contributed by atoms with Crippen molar-refractivity contribution in [3.8, 4) is 12.3 Å². The van der Waals surface area contributed by atoms with Gasteiger partial charge in [-0.15, -0.1) is 6.42 Å². The second-order valence-electron chi connectivity index (χ2n) is 7.27. The zero-order chi connectivity index (χ0) is 18.4. The van der Waals surface area contributed by atoms with Gasteiger partial charge in [0.2, 0.25) is 0 Å². The number of terminal acetylenes is 1. The monoisotopic (exact) mass is 354 g/mol. The van der Waals surface area contributed by atoms with Crippen LogP contribution in [0.3, 0.4) is 0 Å². The molecule has 2 amide bonds. The molecule has 1 aromatic carbocycles. The molecular weight excluding hydrogens is 332 g/mol. The summed E-state index contributed by atoms with van der Waals surface area (Å²) in [5.74, 6) is 2.48.